The highest BCUT2D eigenvalue weighted by molar-refractivity contribution is 6.05. The summed E-state index contributed by atoms with van der Waals surface area (Å²) in [6.45, 7) is 1.04. The Kier molecular flexibility index (Phi) is 7.10. The van der Waals surface area contributed by atoms with Crippen LogP contribution in [0.1, 0.15) is 15.9 Å². The second-order valence-corrected chi connectivity index (χ2v) is 7.60. The highest BCUT2D eigenvalue weighted by Gasteiger charge is 2.13. The van der Waals surface area contributed by atoms with Crippen molar-refractivity contribution in [1.29, 1.82) is 0 Å². The van der Waals surface area contributed by atoms with E-state index in [1.54, 1.807) is 55.6 Å². The van der Waals surface area contributed by atoms with Crippen molar-refractivity contribution >= 4 is 40.5 Å². The average molecular weight is 460 g/mol. The standard InChI is InChI=1S/C26H25N3O5/c1-32-16-18-6-11-24-20(14-18)15-25(34-24)29(17-30)12-13-33-21-9-7-19(8-10-21)26(31)28-23-5-3-2-4-22(23)27/h2-11,14-15,17H,12-13,16,27H2,1H3,(H,28,31). The molecular weight excluding hydrogens is 434 g/mol. The maximum absolute atomic E-state index is 12.4. The van der Waals surface area contributed by atoms with E-state index < -0.39 is 0 Å². The van der Waals surface area contributed by atoms with E-state index in [1.165, 1.54) is 4.90 Å². The third kappa shape index (κ3) is 5.36. The van der Waals surface area contributed by atoms with Crippen molar-refractivity contribution in [2.45, 2.75) is 6.61 Å². The number of nitrogens with one attached hydrogen (secondary N) is 1. The maximum atomic E-state index is 12.4. The summed E-state index contributed by atoms with van der Waals surface area (Å²) in [7, 11) is 1.64. The molecule has 4 aromatic rings. The number of nitrogen functional groups attached to an aromatic ring is 1. The Bertz CT molecular complexity index is 1280. The number of anilines is 3. The SMILES string of the molecule is COCc1ccc2oc(N(C=O)CCOc3ccc(C(=O)Nc4ccccc4N)cc3)cc2c1. The van der Waals surface area contributed by atoms with Crippen molar-refractivity contribution in [3.8, 4) is 5.75 Å². The zero-order valence-electron chi connectivity index (χ0n) is 18.7. The Morgan fingerprint density at radius 2 is 1.88 bits per heavy atom. The Labute approximate surface area is 196 Å². The highest BCUT2D eigenvalue weighted by Crippen LogP contribution is 2.27. The van der Waals surface area contributed by atoms with Gasteiger partial charge in [0.2, 0.25) is 12.3 Å². The minimum atomic E-state index is -0.268. The molecule has 1 aromatic heterocycles. The number of amides is 2. The van der Waals surface area contributed by atoms with Gasteiger partial charge in [-0.3, -0.25) is 14.5 Å². The van der Waals surface area contributed by atoms with E-state index >= 15 is 0 Å². The van der Waals surface area contributed by atoms with Crippen LogP contribution in [0.5, 0.6) is 5.75 Å². The van der Waals surface area contributed by atoms with Gasteiger partial charge in [0.05, 0.1) is 24.5 Å². The molecule has 8 nitrogen and oxygen atoms in total. The van der Waals surface area contributed by atoms with Crippen LogP contribution in [-0.4, -0.2) is 32.6 Å². The van der Waals surface area contributed by atoms with Crippen LogP contribution in [0.2, 0.25) is 0 Å². The van der Waals surface area contributed by atoms with Gasteiger partial charge in [-0.15, -0.1) is 0 Å². The smallest absolute Gasteiger partial charge is 0.255 e. The largest absolute Gasteiger partial charge is 0.492 e. The number of para-hydroxylation sites is 2. The lowest BCUT2D eigenvalue weighted by atomic mass is 10.2. The van der Waals surface area contributed by atoms with E-state index in [0.717, 1.165) is 10.9 Å². The number of rotatable bonds is 10. The van der Waals surface area contributed by atoms with E-state index in [0.29, 0.717) is 53.7 Å². The first-order valence-corrected chi connectivity index (χ1v) is 10.7. The van der Waals surface area contributed by atoms with E-state index in [1.807, 2.05) is 24.3 Å². The molecule has 0 radical (unpaired) electrons. The van der Waals surface area contributed by atoms with Crippen molar-refractivity contribution < 1.29 is 23.5 Å². The zero-order valence-corrected chi connectivity index (χ0v) is 18.7. The molecule has 34 heavy (non-hydrogen) atoms. The molecule has 1 heterocycles. The van der Waals surface area contributed by atoms with Gasteiger partial charge in [-0.05, 0) is 54.1 Å². The first-order valence-electron chi connectivity index (χ1n) is 10.7. The Morgan fingerprint density at radius 1 is 1.09 bits per heavy atom. The fourth-order valence-electron chi connectivity index (χ4n) is 3.46. The number of nitrogens with zero attached hydrogens (tertiary/aromatic N) is 1. The maximum Gasteiger partial charge on any atom is 0.255 e. The molecule has 0 spiro atoms. The highest BCUT2D eigenvalue weighted by atomic mass is 16.5. The van der Waals surface area contributed by atoms with Crippen LogP contribution in [-0.2, 0) is 16.1 Å². The predicted molar refractivity (Wildman–Crippen MR) is 131 cm³/mol. The van der Waals surface area contributed by atoms with Crippen LogP contribution in [0.3, 0.4) is 0 Å². The lowest BCUT2D eigenvalue weighted by molar-refractivity contribution is -0.107. The lowest BCUT2D eigenvalue weighted by Gasteiger charge is -2.14. The Hall–Kier alpha value is -4.30. The summed E-state index contributed by atoms with van der Waals surface area (Å²) in [5.41, 5.74) is 9.10. The first kappa shape index (κ1) is 22.9. The number of carbonyl (C=O) groups is 2. The number of furan rings is 1. The van der Waals surface area contributed by atoms with Gasteiger partial charge >= 0.3 is 0 Å². The molecule has 0 bridgehead atoms. The second kappa shape index (κ2) is 10.5. The molecule has 8 heteroatoms. The minimum absolute atomic E-state index is 0.247. The van der Waals surface area contributed by atoms with E-state index in [2.05, 4.69) is 5.32 Å². The number of hydrogen-bond acceptors (Lipinski definition) is 6. The van der Waals surface area contributed by atoms with Gasteiger partial charge in [0.1, 0.15) is 17.9 Å². The van der Waals surface area contributed by atoms with E-state index in [9.17, 15) is 9.59 Å². The van der Waals surface area contributed by atoms with Crippen molar-refractivity contribution in [3.05, 3.63) is 83.9 Å². The van der Waals surface area contributed by atoms with Crippen LogP contribution in [0.25, 0.3) is 11.0 Å². The van der Waals surface area contributed by atoms with Gasteiger partial charge < -0.3 is 24.9 Å². The summed E-state index contributed by atoms with van der Waals surface area (Å²) in [5.74, 6) is 0.751. The second-order valence-electron chi connectivity index (χ2n) is 7.60. The fraction of sp³-hybridized carbons (Fsp3) is 0.154. The van der Waals surface area contributed by atoms with Crippen LogP contribution < -0.4 is 20.7 Å². The number of ether oxygens (including phenoxy) is 2. The Morgan fingerprint density at radius 3 is 2.62 bits per heavy atom. The van der Waals surface area contributed by atoms with Gasteiger partial charge in [-0.2, -0.15) is 0 Å². The summed E-state index contributed by atoms with van der Waals surface area (Å²) in [5, 5.41) is 3.68. The number of benzene rings is 3. The molecule has 174 valence electrons. The third-order valence-electron chi connectivity index (χ3n) is 5.22. The number of hydrogen-bond donors (Lipinski definition) is 2. The van der Waals surface area contributed by atoms with Crippen molar-refractivity contribution in [2.75, 3.05) is 36.2 Å². The molecule has 2 amide bonds. The summed E-state index contributed by atoms with van der Waals surface area (Å²) in [6.07, 6.45) is 0.708. The molecule has 3 N–H and O–H groups in total. The summed E-state index contributed by atoms with van der Waals surface area (Å²) < 4.78 is 16.7. The summed E-state index contributed by atoms with van der Waals surface area (Å²) >= 11 is 0. The summed E-state index contributed by atoms with van der Waals surface area (Å²) in [4.78, 5) is 25.5. The van der Waals surface area contributed by atoms with E-state index in [-0.39, 0.29) is 12.5 Å². The molecular formula is C26H25N3O5. The third-order valence-corrected chi connectivity index (χ3v) is 5.22. The molecule has 0 saturated carbocycles. The van der Waals surface area contributed by atoms with Gasteiger partial charge in [-0.1, -0.05) is 18.2 Å². The minimum Gasteiger partial charge on any atom is -0.492 e. The molecule has 0 saturated heterocycles. The predicted octanol–water partition coefficient (Wildman–Crippen LogP) is 4.46. The monoisotopic (exact) mass is 459 g/mol. The molecule has 0 atom stereocenters. The molecule has 3 aromatic carbocycles. The molecule has 4 rings (SSSR count). The average Bonchev–Trinajstić information content (AvgIpc) is 3.27. The normalized spacial score (nSPS) is 10.7. The van der Waals surface area contributed by atoms with Crippen molar-refractivity contribution in [1.82, 2.24) is 0 Å². The first-order chi connectivity index (χ1) is 16.6. The topological polar surface area (TPSA) is 107 Å². The number of nitrogens with two attached hydrogens (primary N) is 1. The van der Waals surface area contributed by atoms with Crippen LogP contribution >= 0.6 is 0 Å². The number of carbonyl (C=O) groups excluding carboxylic acids is 2. The van der Waals surface area contributed by atoms with E-state index in [4.69, 9.17) is 19.6 Å². The molecule has 0 aliphatic rings. The molecule has 0 aliphatic heterocycles. The van der Waals surface area contributed by atoms with Gasteiger partial charge in [-0.25, -0.2) is 0 Å². The molecule has 0 unspecified atom stereocenters. The lowest BCUT2D eigenvalue weighted by Crippen LogP contribution is -2.26. The molecule has 0 fully saturated rings. The fourth-order valence-corrected chi connectivity index (χ4v) is 3.46. The molecule has 0 aliphatic carbocycles. The van der Waals surface area contributed by atoms with Crippen LogP contribution in [0.4, 0.5) is 17.3 Å². The Balaban J connectivity index is 1.33. The number of fused-ring (bicyclic) bond motifs is 1. The van der Waals surface area contributed by atoms with Crippen molar-refractivity contribution in [2.24, 2.45) is 0 Å². The van der Waals surface area contributed by atoms with Crippen LogP contribution in [0.15, 0.2) is 77.2 Å². The zero-order chi connectivity index (χ0) is 23.9. The number of methoxy groups -OCH3 is 1. The summed E-state index contributed by atoms with van der Waals surface area (Å²) in [6, 6.07) is 21.4. The van der Waals surface area contributed by atoms with Gasteiger partial charge in [0, 0.05) is 24.1 Å². The van der Waals surface area contributed by atoms with Gasteiger partial charge in [0.15, 0.2) is 0 Å². The van der Waals surface area contributed by atoms with Gasteiger partial charge in [0.25, 0.3) is 5.91 Å². The quantitative estimate of drug-likeness (QED) is 0.268. The van der Waals surface area contributed by atoms with Crippen molar-refractivity contribution in [3.63, 3.8) is 0 Å². The van der Waals surface area contributed by atoms with Crippen LogP contribution in [0, 0.1) is 0 Å².